The third kappa shape index (κ3) is 2.49. The van der Waals surface area contributed by atoms with Crippen molar-refractivity contribution in [1.29, 1.82) is 0 Å². The second kappa shape index (κ2) is 4.24. The van der Waals surface area contributed by atoms with Gasteiger partial charge in [0, 0.05) is 11.1 Å². The molecule has 1 rings (SSSR count). The first-order chi connectivity index (χ1) is 7.68. The topological polar surface area (TPSA) is 76.3 Å². The van der Waals surface area contributed by atoms with Crippen LogP contribution in [0.4, 0.5) is 17.6 Å². The quantitative estimate of drug-likeness (QED) is 0.381. The van der Waals surface area contributed by atoms with Gasteiger partial charge in [-0.05, 0) is 12.1 Å². The zero-order chi connectivity index (χ0) is 13.3. The molecule has 94 valence electrons. The van der Waals surface area contributed by atoms with Crippen molar-refractivity contribution in [3.63, 3.8) is 0 Å². The maximum atomic E-state index is 13.1. The molecule has 0 spiro atoms. The van der Waals surface area contributed by atoms with Crippen molar-refractivity contribution in [3.05, 3.63) is 40.0 Å². The van der Waals surface area contributed by atoms with Gasteiger partial charge in [-0.2, -0.15) is 17.6 Å². The highest BCUT2D eigenvalue weighted by Crippen LogP contribution is 2.39. The monoisotopic (exact) mass is 254 g/mol. The minimum Gasteiger partial charge on any atom is -0.371 e. The lowest BCUT2D eigenvalue weighted by molar-refractivity contribution is -0.519. The minimum absolute atomic E-state index is 0.597. The third-order valence-corrected chi connectivity index (χ3v) is 2.03. The van der Waals surface area contributed by atoms with Crippen molar-refractivity contribution in [2.24, 2.45) is 0 Å². The van der Waals surface area contributed by atoms with E-state index in [0.29, 0.717) is 6.07 Å². The van der Waals surface area contributed by atoms with Gasteiger partial charge in [-0.25, -0.2) is 4.98 Å². The lowest BCUT2D eigenvalue weighted by Crippen LogP contribution is -2.48. The van der Waals surface area contributed by atoms with E-state index in [9.17, 15) is 32.8 Å². The molecule has 1 N–H and O–H groups in total. The van der Waals surface area contributed by atoms with Crippen LogP contribution in [0.15, 0.2) is 18.3 Å². The van der Waals surface area contributed by atoms with Gasteiger partial charge >= 0.3 is 6.18 Å². The van der Waals surface area contributed by atoms with Gasteiger partial charge in [0.05, 0.1) is 5.56 Å². The standard InChI is InChI=1S/C8H6F4N2O3/c9-6-5(2-1-3-13-6)7(15,4-14(16)17)8(10,11)12/h1-3,15H,4H2. The number of pyridine rings is 1. The first-order valence-electron chi connectivity index (χ1n) is 4.20. The maximum Gasteiger partial charge on any atom is 0.428 e. The van der Waals surface area contributed by atoms with Crippen LogP contribution in [-0.4, -0.2) is 27.7 Å². The summed E-state index contributed by atoms with van der Waals surface area (Å²) < 4.78 is 50.8. The Morgan fingerprint density at radius 3 is 2.47 bits per heavy atom. The molecule has 0 aliphatic heterocycles. The molecule has 1 heterocycles. The Kier molecular flexibility index (Phi) is 3.32. The fourth-order valence-corrected chi connectivity index (χ4v) is 1.21. The van der Waals surface area contributed by atoms with E-state index in [1.165, 1.54) is 0 Å². The Morgan fingerprint density at radius 1 is 1.47 bits per heavy atom. The smallest absolute Gasteiger partial charge is 0.371 e. The molecule has 0 radical (unpaired) electrons. The van der Waals surface area contributed by atoms with Crippen molar-refractivity contribution in [2.75, 3.05) is 6.54 Å². The van der Waals surface area contributed by atoms with E-state index in [1.807, 2.05) is 0 Å². The normalized spacial score (nSPS) is 15.4. The zero-order valence-corrected chi connectivity index (χ0v) is 8.11. The number of alkyl halides is 3. The molecular weight excluding hydrogens is 248 g/mol. The number of aromatic nitrogens is 1. The summed E-state index contributed by atoms with van der Waals surface area (Å²) in [6.07, 6.45) is -4.52. The van der Waals surface area contributed by atoms with Crippen LogP contribution in [0.2, 0.25) is 0 Å². The maximum absolute atomic E-state index is 13.1. The van der Waals surface area contributed by atoms with Crippen molar-refractivity contribution in [3.8, 4) is 0 Å². The largest absolute Gasteiger partial charge is 0.428 e. The van der Waals surface area contributed by atoms with Crippen molar-refractivity contribution < 1.29 is 27.6 Å². The van der Waals surface area contributed by atoms with E-state index >= 15 is 0 Å². The molecular formula is C8H6F4N2O3. The molecule has 1 atom stereocenters. The molecule has 1 aromatic heterocycles. The first-order valence-corrected chi connectivity index (χ1v) is 4.20. The zero-order valence-electron chi connectivity index (χ0n) is 8.11. The van der Waals surface area contributed by atoms with Crippen LogP contribution in [0.3, 0.4) is 0 Å². The van der Waals surface area contributed by atoms with Crippen molar-refractivity contribution in [1.82, 2.24) is 4.98 Å². The average molecular weight is 254 g/mol. The fraction of sp³-hybridized carbons (Fsp3) is 0.375. The molecule has 1 unspecified atom stereocenters. The van der Waals surface area contributed by atoms with Crippen molar-refractivity contribution in [2.45, 2.75) is 11.8 Å². The molecule has 9 heteroatoms. The number of hydrogen-bond acceptors (Lipinski definition) is 4. The highest BCUT2D eigenvalue weighted by atomic mass is 19.4. The predicted molar refractivity (Wildman–Crippen MR) is 46.0 cm³/mol. The Balaban J connectivity index is 3.35. The van der Waals surface area contributed by atoms with E-state index in [4.69, 9.17) is 0 Å². The molecule has 0 bridgehead atoms. The summed E-state index contributed by atoms with van der Waals surface area (Å²) in [5.41, 5.74) is -5.17. The lowest BCUT2D eigenvalue weighted by Gasteiger charge is -2.26. The van der Waals surface area contributed by atoms with Gasteiger partial charge in [0.15, 0.2) is 0 Å². The fourth-order valence-electron chi connectivity index (χ4n) is 1.21. The van der Waals surface area contributed by atoms with Crippen LogP contribution in [0.1, 0.15) is 5.56 Å². The molecule has 17 heavy (non-hydrogen) atoms. The summed E-state index contributed by atoms with van der Waals surface area (Å²) in [6.45, 7) is -1.89. The molecule has 0 aliphatic carbocycles. The molecule has 0 saturated carbocycles. The van der Waals surface area contributed by atoms with E-state index in [2.05, 4.69) is 4.98 Å². The number of nitrogens with zero attached hydrogens (tertiary/aromatic N) is 2. The first kappa shape index (κ1) is 13.3. The number of hydrogen-bond donors (Lipinski definition) is 1. The predicted octanol–water partition coefficient (Wildman–Crippen LogP) is 1.25. The van der Waals surface area contributed by atoms with Gasteiger partial charge in [-0.15, -0.1) is 0 Å². The van der Waals surface area contributed by atoms with Gasteiger partial charge < -0.3 is 5.11 Å². The summed E-state index contributed by atoms with van der Waals surface area (Å²) in [7, 11) is 0. The summed E-state index contributed by atoms with van der Waals surface area (Å²) in [5.74, 6) is -1.60. The van der Waals surface area contributed by atoms with Gasteiger partial charge in [-0.1, -0.05) is 0 Å². The number of aliphatic hydroxyl groups is 1. The average Bonchev–Trinajstić information content (AvgIpc) is 2.15. The van der Waals surface area contributed by atoms with Crippen LogP contribution >= 0.6 is 0 Å². The van der Waals surface area contributed by atoms with Gasteiger partial charge in [0.25, 0.3) is 5.60 Å². The van der Waals surface area contributed by atoms with Crippen molar-refractivity contribution >= 4 is 0 Å². The molecule has 5 nitrogen and oxygen atoms in total. The van der Waals surface area contributed by atoms with E-state index in [-0.39, 0.29) is 0 Å². The molecule has 0 saturated heterocycles. The second-order valence-corrected chi connectivity index (χ2v) is 3.19. The lowest BCUT2D eigenvalue weighted by atomic mass is 9.94. The highest BCUT2D eigenvalue weighted by molar-refractivity contribution is 5.22. The number of nitro groups is 1. The molecule has 0 amide bonds. The van der Waals surface area contributed by atoms with Crippen LogP contribution in [0, 0.1) is 16.1 Å². The third-order valence-electron chi connectivity index (χ3n) is 2.03. The Hall–Kier alpha value is -1.77. The Labute approximate surface area is 91.9 Å². The number of rotatable bonds is 3. The summed E-state index contributed by atoms with van der Waals surface area (Å²) in [4.78, 5) is 11.7. The SMILES string of the molecule is O=[N+]([O-])CC(O)(c1cccnc1F)C(F)(F)F. The molecule has 1 aromatic rings. The van der Waals surface area contributed by atoms with Gasteiger partial charge in [0.1, 0.15) is 0 Å². The summed E-state index contributed by atoms with van der Waals surface area (Å²) in [5, 5.41) is 19.5. The Bertz CT molecular complexity index is 437. The minimum atomic E-state index is -5.38. The van der Waals surface area contributed by atoms with Crippen LogP contribution in [0.25, 0.3) is 0 Å². The second-order valence-electron chi connectivity index (χ2n) is 3.19. The Morgan fingerprint density at radius 2 is 2.06 bits per heavy atom. The van der Waals surface area contributed by atoms with Gasteiger partial charge in [-0.3, -0.25) is 10.1 Å². The summed E-state index contributed by atoms with van der Waals surface area (Å²) >= 11 is 0. The summed E-state index contributed by atoms with van der Waals surface area (Å²) in [6, 6.07) is 1.54. The van der Waals surface area contributed by atoms with Gasteiger partial charge in [0.2, 0.25) is 12.5 Å². The van der Waals surface area contributed by atoms with Crippen LogP contribution < -0.4 is 0 Å². The highest BCUT2D eigenvalue weighted by Gasteiger charge is 2.60. The molecule has 0 fully saturated rings. The van der Waals surface area contributed by atoms with E-state index in [0.717, 1.165) is 12.3 Å². The van der Waals surface area contributed by atoms with E-state index in [1.54, 1.807) is 0 Å². The van der Waals surface area contributed by atoms with Crippen LogP contribution in [0.5, 0.6) is 0 Å². The van der Waals surface area contributed by atoms with Crippen LogP contribution in [-0.2, 0) is 5.60 Å². The number of halogens is 4. The van der Waals surface area contributed by atoms with E-state index < -0.39 is 34.8 Å². The molecule has 0 aromatic carbocycles. The molecule has 0 aliphatic rings.